The maximum Gasteiger partial charge on any atom is 0.416 e. The number of hydrogen-bond acceptors (Lipinski definition) is 11. The molecule has 62 heavy (non-hydrogen) atoms. The van der Waals surface area contributed by atoms with E-state index in [0.29, 0.717) is 75.1 Å². The monoisotopic (exact) mass is 873 g/mol. The highest BCUT2D eigenvalue weighted by atomic mass is 35.5. The zero-order chi connectivity index (χ0) is 43.3. The van der Waals surface area contributed by atoms with Gasteiger partial charge in [-0.05, 0) is 69.0 Å². The molecule has 4 atom stereocenters. The average molecular weight is 874 g/mol. The van der Waals surface area contributed by atoms with Crippen molar-refractivity contribution in [3.05, 3.63) is 66.2 Å². The fraction of sp³-hybridized carbons (Fsp3) is 0.522. The second-order valence-electron chi connectivity index (χ2n) is 16.5. The van der Waals surface area contributed by atoms with Crippen molar-refractivity contribution in [1.29, 1.82) is 0 Å². The normalized spacial score (nSPS) is 22.7. The second-order valence-corrected chi connectivity index (χ2v) is 16.8. The molecule has 15 nitrogen and oxygen atoms in total. The third kappa shape index (κ3) is 8.90. The number of carbonyl (C=O) groups excluding carboxylic acids is 4. The Morgan fingerprint density at radius 1 is 0.919 bits per heavy atom. The van der Waals surface area contributed by atoms with Gasteiger partial charge in [-0.15, -0.1) is 11.6 Å². The highest BCUT2D eigenvalue weighted by molar-refractivity contribution is 6.19. The van der Waals surface area contributed by atoms with Gasteiger partial charge in [0.1, 0.15) is 12.4 Å². The van der Waals surface area contributed by atoms with Gasteiger partial charge in [-0.1, -0.05) is 36.9 Å². The van der Waals surface area contributed by atoms with Crippen LogP contribution in [0.25, 0.3) is 10.8 Å². The van der Waals surface area contributed by atoms with Crippen LogP contribution in [-0.4, -0.2) is 136 Å². The van der Waals surface area contributed by atoms with Gasteiger partial charge in [0.05, 0.1) is 36.7 Å². The van der Waals surface area contributed by atoms with Crippen LogP contribution < -0.4 is 24.0 Å². The fourth-order valence-electron chi connectivity index (χ4n) is 9.24. The molecule has 3 fully saturated rings. The molecular formula is C46H56ClN5O10. The van der Waals surface area contributed by atoms with E-state index in [1.54, 1.807) is 32.9 Å². The van der Waals surface area contributed by atoms with Crippen LogP contribution in [0.15, 0.2) is 55.1 Å². The van der Waals surface area contributed by atoms with E-state index < -0.39 is 30.7 Å². The van der Waals surface area contributed by atoms with Crippen LogP contribution in [0.4, 0.5) is 21.0 Å². The number of fused-ring (bicyclic) bond motifs is 5. The Kier molecular flexibility index (Phi) is 13.7. The topological polar surface area (TPSA) is 140 Å². The van der Waals surface area contributed by atoms with Crippen molar-refractivity contribution in [3.8, 4) is 17.2 Å². The predicted octanol–water partition coefficient (Wildman–Crippen LogP) is 7.13. The van der Waals surface area contributed by atoms with E-state index in [0.717, 1.165) is 55.1 Å². The first-order chi connectivity index (χ1) is 30.2. The number of ether oxygens (including phenoxy) is 6. The van der Waals surface area contributed by atoms with Gasteiger partial charge in [0.15, 0.2) is 24.0 Å². The number of piperazine rings is 1. The Bertz CT molecular complexity index is 2160. The molecule has 0 radical (unpaired) electrons. The highest BCUT2D eigenvalue weighted by Crippen LogP contribution is 2.46. The summed E-state index contributed by atoms with van der Waals surface area (Å²) in [5.74, 6) is 0.786. The molecule has 4 amide bonds. The van der Waals surface area contributed by atoms with Crippen LogP contribution in [-0.2, 0) is 19.0 Å². The molecule has 3 aromatic carbocycles. The minimum absolute atomic E-state index is 0.0421. The summed E-state index contributed by atoms with van der Waals surface area (Å²) in [7, 11) is 3.52. The SMILES string of the molecule is C=CCOC(=O)N1c2cc(OCCCC(=O)N3C[C@@H](CCl)c4c3cc(OC(=O)N3CCN(C)CC3)c3ccccc43)c(OC)cc2C(=O)N2CCCCC2C1OC1CCCCO1. The van der Waals surface area contributed by atoms with E-state index in [2.05, 4.69) is 11.5 Å². The standard InChI is InChI=1S/C46H56ClN5O10/c1-4-22-60-46(56)52-35-26-39(38(57-3)25-33(35)43(54)50-17-9-7-14-34(50)44(52)62-41-16-8-10-23-59-41)58-24-11-15-40(53)51-29-30(28-47)42-32-13-6-5-12-31(32)37(27-36(42)51)61-45(55)49-20-18-48(2)19-21-49/h4-6,12-13,25-27,30,34,41,44H,1,7-11,14-24,28-29H2,2-3H3/t30-,34?,41?,44?/m1/s1. The van der Waals surface area contributed by atoms with E-state index in [1.807, 2.05) is 31.3 Å². The molecule has 8 rings (SSSR count). The molecule has 3 unspecified atom stereocenters. The molecule has 0 aromatic heterocycles. The number of carbonyl (C=O) groups is 4. The Balaban J connectivity index is 1.03. The highest BCUT2D eigenvalue weighted by Gasteiger charge is 2.47. The van der Waals surface area contributed by atoms with Crippen molar-refractivity contribution in [1.82, 2.24) is 14.7 Å². The van der Waals surface area contributed by atoms with Gasteiger partial charge in [-0.3, -0.25) is 9.59 Å². The molecule has 3 saturated heterocycles. The van der Waals surface area contributed by atoms with Crippen molar-refractivity contribution in [3.63, 3.8) is 0 Å². The lowest BCUT2D eigenvalue weighted by Crippen LogP contribution is -2.57. The van der Waals surface area contributed by atoms with Crippen LogP contribution in [0.2, 0.25) is 0 Å². The second kappa shape index (κ2) is 19.5. The van der Waals surface area contributed by atoms with Gasteiger partial charge >= 0.3 is 12.2 Å². The Morgan fingerprint density at radius 3 is 2.44 bits per heavy atom. The minimum Gasteiger partial charge on any atom is -0.493 e. The lowest BCUT2D eigenvalue weighted by atomic mass is 9.95. The van der Waals surface area contributed by atoms with Crippen LogP contribution in [0.5, 0.6) is 17.2 Å². The zero-order valence-corrected chi connectivity index (χ0v) is 36.3. The van der Waals surface area contributed by atoms with Crippen LogP contribution in [0.3, 0.4) is 0 Å². The third-order valence-corrected chi connectivity index (χ3v) is 12.9. The van der Waals surface area contributed by atoms with E-state index >= 15 is 0 Å². The maximum absolute atomic E-state index is 14.4. The number of likely N-dealkylation sites (N-methyl/N-ethyl adjacent to an activating group) is 1. The van der Waals surface area contributed by atoms with E-state index in [9.17, 15) is 19.2 Å². The molecule has 332 valence electrons. The summed E-state index contributed by atoms with van der Waals surface area (Å²) in [5, 5.41) is 1.67. The Labute approximate surface area is 367 Å². The third-order valence-electron chi connectivity index (χ3n) is 12.5. The summed E-state index contributed by atoms with van der Waals surface area (Å²) < 4.78 is 36.4. The molecule has 3 aromatic rings. The van der Waals surface area contributed by atoms with Crippen LogP contribution >= 0.6 is 11.6 Å². The Morgan fingerprint density at radius 2 is 1.69 bits per heavy atom. The summed E-state index contributed by atoms with van der Waals surface area (Å²) in [6.07, 6.45) is 4.20. The Hall–Kier alpha value is -5.09. The molecule has 16 heteroatoms. The van der Waals surface area contributed by atoms with Crippen molar-refractivity contribution in [2.24, 2.45) is 0 Å². The fourth-order valence-corrected chi connectivity index (χ4v) is 9.49. The first-order valence-electron chi connectivity index (χ1n) is 21.8. The van der Waals surface area contributed by atoms with Gasteiger partial charge in [0, 0.05) is 81.6 Å². The smallest absolute Gasteiger partial charge is 0.416 e. The summed E-state index contributed by atoms with van der Waals surface area (Å²) in [4.78, 5) is 64.7. The first kappa shape index (κ1) is 43.6. The number of nitrogens with zero attached hydrogens (tertiary/aromatic N) is 5. The number of alkyl halides is 1. The van der Waals surface area contributed by atoms with Gasteiger partial charge in [0.2, 0.25) is 5.91 Å². The number of rotatable bonds is 12. The van der Waals surface area contributed by atoms with E-state index in [4.69, 9.17) is 40.0 Å². The van der Waals surface area contributed by atoms with Crippen molar-refractivity contribution < 1.29 is 47.6 Å². The summed E-state index contributed by atoms with van der Waals surface area (Å²) in [6, 6.07) is 12.3. The lowest BCUT2D eigenvalue weighted by Gasteiger charge is -2.42. The number of benzene rings is 3. The maximum atomic E-state index is 14.4. The molecule has 5 heterocycles. The van der Waals surface area contributed by atoms with Gasteiger partial charge in [-0.25, -0.2) is 14.5 Å². The number of hydrogen-bond donors (Lipinski definition) is 0. The van der Waals surface area contributed by atoms with Crippen molar-refractivity contribution >= 4 is 57.7 Å². The number of halogens is 1. The summed E-state index contributed by atoms with van der Waals surface area (Å²) in [6.45, 7) is 7.88. The largest absolute Gasteiger partial charge is 0.493 e. The molecule has 5 aliphatic rings. The van der Waals surface area contributed by atoms with Crippen molar-refractivity contribution in [2.75, 3.05) is 88.9 Å². The average Bonchev–Trinajstić information content (AvgIpc) is 3.64. The number of amides is 4. The summed E-state index contributed by atoms with van der Waals surface area (Å²) >= 11 is 6.54. The van der Waals surface area contributed by atoms with Gasteiger partial charge in [0.25, 0.3) is 5.91 Å². The number of anilines is 2. The molecule has 0 saturated carbocycles. The molecule has 0 spiro atoms. The first-order valence-corrected chi connectivity index (χ1v) is 22.3. The number of piperidine rings is 1. The predicted molar refractivity (Wildman–Crippen MR) is 234 cm³/mol. The summed E-state index contributed by atoms with van der Waals surface area (Å²) in [5.41, 5.74) is 2.15. The van der Waals surface area contributed by atoms with Crippen LogP contribution in [0.1, 0.15) is 73.2 Å². The molecule has 0 aliphatic carbocycles. The van der Waals surface area contributed by atoms with Crippen LogP contribution in [0, 0.1) is 0 Å². The molecule has 0 N–H and O–H groups in total. The van der Waals surface area contributed by atoms with Gasteiger partial charge in [-0.2, -0.15) is 0 Å². The number of methoxy groups -OCH3 is 1. The lowest BCUT2D eigenvalue weighted by molar-refractivity contribution is -0.198. The van der Waals surface area contributed by atoms with Crippen molar-refractivity contribution in [2.45, 2.75) is 75.8 Å². The van der Waals surface area contributed by atoms with Gasteiger partial charge < -0.3 is 48.0 Å². The minimum atomic E-state index is -0.895. The zero-order valence-electron chi connectivity index (χ0n) is 35.6. The quantitative estimate of drug-likeness (QED) is 0.104. The van der Waals surface area contributed by atoms with E-state index in [-0.39, 0.29) is 54.4 Å². The molecular weight excluding hydrogens is 818 g/mol. The molecule has 5 aliphatic heterocycles. The molecule has 0 bridgehead atoms. The van der Waals surface area contributed by atoms with E-state index in [1.165, 1.54) is 18.1 Å².